The molecule has 9 heteroatoms. The first-order valence-electron chi connectivity index (χ1n) is 12.4. The van der Waals surface area contributed by atoms with Gasteiger partial charge in [0.15, 0.2) is 5.82 Å². The zero-order chi connectivity index (χ0) is 25.8. The molecule has 4 aromatic rings. The van der Waals surface area contributed by atoms with E-state index in [1.54, 1.807) is 36.7 Å². The highest BCUT2D eigenvalue weighted by molar-refractivity contribution is 6.04. The molecule has 0 spiro atoms. The SMILES string of the molecule is C=CC(=O)N1CCCCCC1c1nc(-c2ccc(C(=O)Nc3ccccn3)cc2)c2c(NC)nccn12. The Kier molecular flexibility index (Phi) is 6.93. The van der Waals surface area contributed by atoms with Gasteiger partial charge in [0.05, 0.1) is 6.04 Å². The molecule has 4 heterocycles. The van der Waals surface area contributed by atoms with E-state index in [2.05, 4.69) is 27.2 Å². The number of imidazole rings is 1. The van der Waals surface area contributed by atoms with Gasteiger partial charge in [0, 0.05) is 43.3 Å². The Morgan fingerprint density at radius 2 is 1.89 bits per heavy atom. The Morgan fingerprint density at radius 1 is 1.05 bits per heavy atom. The summed E-state index contributed by atoms with van der Waals surface area (Å²) in [5.41, 5.74) is 2.91. The predicted octanol–water partition coefficient (Wildman–Crippen LogP) is 4.72. The first kappa shape index (κ1) is 24.2. The van der Waals surface area contributed by atoms with Gasteiger partial charge in [0.25, 0.3) is 5.91 Å². The Balaban J connectivity index is 1.55. The Hall–Kier alpha value is -4.53. The fraction of sp³-hybridized carbons (Fsp3) is 0.250. The van der Waals surface area contributed by atoms with Crippen LogP contribution in [0.2, 0.25) is 0 Å². The lowest BCUT2D eigenvalue weighted by molar-refractivity contribution is -0.128. The van der Waals surface area contributed by atoms with Crippen LogP contribution in [0.3, 0.4) is 0 Å². The molecule has 1 aromatic carbocycles. The number of benzene rings is 1. The fourth-order valence-corrected chi connectivity index (χ4v) is 4.84. The van der Waals surface area contributed by atoms with E-state index in [1.807, 2.05) is 40.7 Å². The molecule has 9 nitrogen and oxygen atoms in total. The van der Waals surface area contributed by atoms with E-state index in [-0.39, 0.29) is 17.9 Å². The molecule has 0 bridgehead atoms. The monoisotopic (exact) mass is 495 g/mol. The number of anilines is 2. The maximum Gasteiger partial charge on any atom is 0.256 e. The first-order chi connectivity index (χ1) is 18.1. The quantitative estimate of drug-likeness (QED) is 0.375. The molecule has 0 saturated carbocycles. The van der Waals surface area contributed by atoms with Gasteiger partial charge in [0.2, 0.25) is 5.91 Å². The van der Waals surface area contributed by atoms with Gasteiger partial charge in [0.1, 0.15) is 22.9 Å². The molecule has 37 heavy (non-hydrogen) atoms. The van der Waals surface area contributed by atoms with Crippen LogP contribution < -0.4 is 10.6 Å². The molecule has 1 atom stereocenters. The summed E-state index contributed by atoms with van der Waals surface area (Å²) in [4.78, 5) is 41.1. The minimum atomic E-state index is -0.241. The van der Waals surface area contributed by atoms with E-state index in [0.29, 0.717) is 23.7 Å². The molecule has 1 fully saturated rings. The lowest BCUT2D eigenvalue weighted by Crippen LogP contribution is -2.34. The summed E-state index contributed by atoms with van der Waals surface area (Å²) in [7, 11) is 1.82. The number of hydrogen-bond donors (Lipinski definition) is 2. The lowest BCUT2D eigenvalue weighted by Gasteiger charge is -2.28. The number of likely N-dealkylation sites (tertiary alicyclic amines) is 1. The van der Waals surface area contributed by atoms with Crippen LogP contribution in [0, 0.1) is 0 Å². The van der Waals surface area contributed by atoms with Gasteiger partial charge in [-0.3, -0.25) is 14.0 Å². The maximum absolute atomic E-state index is 12.8. The average molecular weight is 496 g/mol. The van der Waals surface area contributed by atoms with Crippen molar-refractivity contribution in [2.75, 3.05) is 24.2 Å². The van der Waals surface area contributed by atoms with Crippen molar-refractivity contribution < 1.29 is 9.59 Å². The van der Waals surface area contributed by atoms with Crippen LogP contribution in [0.5, 0.6) is 0 Å². The molecular formula is C28H29N7O2. The smallest absolute Gasteiger partial charge is 0.256 e. The third kappa shape index (κ3) is 4.80. The number of carbonyl (C=O) groups excluding carboxylic acids is 2. The number of aromatic nitrogens is 4. The number of nitrogens with one attached hydrogen (secondary N) is 2. The molecule has 3 aromatic heterocycles. The van der Waals surface area contributed by atoms with Crippen LogP contribution in [0.25, 0.3) is 16.8 Å². The van der Waals surface area contributed by atoms with Crippen LogP contribution in [0.4, 0.5) is 11.6 Å². The lowest BCUT2D eigenvalue weighted by atomic mass is 10.1. The molecule has 1 aliphatic rings. The molecule has 2 amide bonds. The summed E-state index contributed by atoms with van der Waals surface area (Å²) in [5.74, 6) is 1.64. The second-order valence-electron chi connectivity index (χ2n) is 8.91. The number of fused-ring (bicyclic) bond motifs is 1. The molecule has 5 rings (SSSR count). The van der Waals surface area contributed by atoms with E-state index in [1.165, 1.54) is 6.08 Å². The van der Waals surface area contributed by atoms with Crippen LogP contribution >= 0.6 is 0 Å². The van der Waals surface area contributed by atoms with Crippen LogP contribution in [0.15, 0.2) is 73.7 Å². The number of amides is 2. The summed E-state index contributed by atoms with van der Waals surface area (Å²) >= 11 is 0. The second kappa shape index (κ2) is 10.6. The number of carbonyl (C=O) groups is 2. The maximum atomic E-state index is 12.8. The minimum Gasteiger partial charge on any atom is -0.371 e. The Bertz CT molecular complexity index is 1430. The number of hydrogen-bond acceptors (Lipinski definition) is 6. The average Bonchev–Trinajstić information content (AvgIpc) is 3.16. The van der Waals surface area contributed by atoms with Crippen molar-refractivity contribution >= 4 is 29.0 Å². The third-order valence-corrected chi connectivity index (χ3v) is 6.65. The zero-order valence-electron chi connectivity index (χ0n) is 20.7. The van der Waals surface area contributed by atoms with Crippen LogP contribution in [-0.2, 0) is 4.79 Å². The Morgan fingerprint density at radius 3 is 2.62 bits per heavy atom. The van der Waals surface area contributed by atoms with Gasteiger partial charge in [-0.15, -0.1) is 0 Å². The van der Waals surface area contributed by atoms with Crippen molar-refractivity contribution in [3.8, 4) is 11.3 Å². The van der Waals surface area contributed by atoms with E-state index in [4.69, 9.17) is 4.98 Å². The summed E-state index contributed by atoms with van der Waals surface area (Å²) in [6.07, 6.45) is 10.5. The number of pyridine rings is 1. The number of nitrogens with zero attached hydrogens (tertiary/aromatic N) is 5. The minimum absolute atomic E-state index is 0.0867. The molecule has 0 radical (unpaired) electrons. The van der Waals surface area contributed by atoms with Gasteiger partial charge in [-0.1, -0.05) is 37.6 Å². The van der Waals surface area contributed by atoms with Crippen molar-refractivity contribution in [2.24, 2.45) is 0 Å². The van der Waals surface area contributed by atoms with Gasteiger partial charge in [-0.05, 0) is 43.2 Å². The van der Waals surface area contributed by atoms with Crippen molar-refractivity contribution in [3.05, 3.63) is 85.1 Å². The highest BCUT2D eigenvalue weighted by atomic mass is 16.2. The van der Waals surface area contributed by atoms with Crippen molar-refractivity contribution in [2.45, 2.75) is 31.7 Å². The van der Waals surface area contributed by atoms with Crippen molar-refractivity contribution in [1.29, 1.82) is 0 Å². The summed E-state index contributed by atoms with van der Waals surface area (Å²) in [6.45, 7) is 4.38. The molecule has 1 aliphatic heterocycles. The van der Waals surface area contributed by atoms with E-state index in [9.17, 15) is 9.59 Å². The number of rotatable bonds is 6. The molecule has 1 unspecified atom stereocenters. The summed E-state index contributed by atoms with van der Waals surface area (Å²) < 4.78 is 2.02. The van der Waals surface area contributed by atoms with Gasteiger partial charge >= 0.3 is 0 Å². The zero-order valence-corrected chi connectivity index (χ0v) is 20.7. The highest BCUT2D eigenvalue weighted by Gasteiger charge is 2.30. The van der Waals surface area contributed by atoms with Crippen LogP contribution in [-0.4, -0.2) is 49.7 Å². The van der Waals surface area contributed by atoms with E-state index >= 15 is 0 Å². The fourth-order valence-electron chi connectivity index (χ4n) is 4.84. The summed E-state index contributed by atoms with van der Waals surface area (Å²) in [6, 6.07) is 12.5. The van der Waals surface area contributed by atoms with E-state index in [0.717, 1.165) is 48.3 Å². The molecule has 0 aliphatic carbocycles. The van der Waals surface area contributed by atoms with Crippen molar-refractivity contribution in [3.63, 3.8) is 0 Å². The predicted molar refractivity (Wildman–Crippen MR) is 143 cm³/mol. The molecule has 2 N–H and O–H groups in total. The second-order valence-corrected chi connectivity index (χ2v) is 8.91. The first-order valence-corrected chi connectivity index (χ1v) is 12.4. The van der Waals surface area contributed by atoms with E-state index < -0.39 is 0 Å². The van der Waals surface area contributed by atoms with Gasteiger partial charge < -0.3 is 15.5 Å². The summed E-state index contributed by atoms with van der Waals surface area (Å²) in [5, 5.41) is 5.98. The standard InChI is InChI=1S/C28H29N7O2/c1-3-23(36)34-17-8-4-5-9-21(34)27-33-24(25-26(29-2)31-16-18-35(25)27)19-11-13-20(14-12-19)28(37)32-22-10-6-7-15-30-22/h3,6-7,10-16,18,21H,1,4-5,8-9,17H2,2H3,(H,29,31)(H,30,32,37). The largest absolute Gasteiger partial charge is 0.371 e. The van der Waals surface area contributed by atoms with Crippen LogP contribution in [0.1, 0.15) is 47.9 Å². The van der Waals surface area contributed by atoms with Gasteiger partial charge in [-0.2, -0.15) is 0 Å². The normalized spacial score (nSPS) is 15.7. The third-order valence-electron chi connectivity index (χ3n) is 6.65. The Labute approximate surface area is 215 Å². The molecule has 188 valence electrons. The highest BCUT2D eigenvalue weighted by Crippen LogP contribution is 2.36. The van der Waals surface area contributed by atoms with Crippen molar-refractivity contribution in [1.82, 2.24) is 24.3 Å². The molecule has 1 saturated heterocycles. The topological polar surface area (TPSA) is 105 Å². The van der Waals surface area contributed by atoms with Gasteiger partial charge in [-0.25, -0.2) is 15.0 Å². The molecular weight excluding hydrogens is 466 g/mol.